The molecule has 9 nitrogen and oxygen atoms in total. The van der Waals surface area contributed by atoms with Crippen molar-refractivity contribution in [1.29, 1.82) is 0 Å². The Morgan fingerprint density at radius 1 is 1.12 bits per heavy atom. The molecular formula is C23H27N5O4. The van der Waals surface area contributed by atoms with E-state index in [1.807, 2.05) is 41.0 Å². The predicted octanol–water partition coefficient (Wildman–Crippen LogP) is 3.32. The fourth-order valence-corrected chi connectivity index (χ4v) is 5.67. The predicted molar refractivity (Wildman–Crippen MR) is 116 cm³/mol. The zero-order chi connectivity index (χ0) is 21.9. The van der Waals surface area contributed by atoms with E-state index in [2.05, 4.69) is 10.1 Å². The molecule has 2 aromatic rings. The SMILES string of the molecule is COC1(c2noc(C3N=CN4c5ccccc5N(C5(C)CCCO5)C(=O)C34)n2)CCCC1. The van der Waals surface area contributed by atoms with Gasteiger partial charge in [0.25, 0.3) is 11.8 Å². The molecule has 1 aliphatic carbocycles. The molecule has 3 aliphatic heterocycles. The molecule has 32 heavy (non-hydrogen) atoms. The zero-order valence-electron chi connectivity index (χ0n) is 18.4. The second-order valence-corrected chi connectivity index (χ2v) is 9.21. The third kappa shape index (κ3) is 2.70. The Morgan fingerprint density at radius 2 is 1.91 bits per heavy atom. The number of aliphatic imine (C=N–C) groups is 1. The number of hydrogen-bond donors (Lipinski definition) is 0. The van der Waals surface area contributed by atoms with Crippen molar-refractivity contribution in [2.24, 2.45) is 4.99 Å². The number of rotatable bonds is 4. The maximum Gasteiger partial charge on any atom is 0.255 e. The van der Waals surface area contributed by atoms with Crippen molar-refractivity contribution in [2.75, 3.05) is 23.5 Å². The molecule has 0 N–H and O–H groups in total. The van der Waals surface area contributed by atoms with E-state index < -0.39 is 23.4 Å². The molecule has 1 aromatic carbocycles. The molecule has 4 aliphatic rings. The number of fused-ring (bicyclic) bond motifs is 3. The first-order valence-electron chi connectivity index (χ1n) is 11.3. The molecule has 1 amide bonds. The molecule has 3 atom stereocenters. The fraction of sp³-hybridized carbons (Fsp3) is 0.565. The van der Waals surface area contributed by atoms with Crippen molar-refractivity contribution >= 4 is 23.6 Å². The van der Waals surface area contributed by atoms with Gasteiger partial charge < -0.3 is 18.9 Å². The molecule has 9 heteroatoms. The highest BCUT2D eigenvalue weighted by atomic mass is 16.5. The van der Waals surface area contributed by atoms with Crippen molar-refractivity contribution in [3.63, 3.8) is 0 Å². The normalized spacial score (nSPS) is 30.8. The molecule has 168 valence electrons. The average molecular weight is 438 g/mol. The van der Waals surface area contributed by atoms with Crippen LogP contribution < -0.4 is 9.80 Å². The largest absolute Gasteiger partial charge is 0.370 e. The Bertz CT molecular complexity index is 1070. The Morgan fingerprint density at radius 3 is 2.62 bits per heavy atom. The molecule has 3 unspecified atom stereocenters. The van der Waals surface area contributed by atoms with Gasteiger partial charge in [0.15, 0.2) is 6.04 Å². The number of ether oxygens (including phenoxy) is 2. The third-order valence-corrected chi connectivity index (χ3v) is 7.40. The van der Waals surface area contributed by atoms with Crippen LogP contribution in [0.2, 0.25) is 0 Å². The van der Waals surface area contributed by atoms with Crippen molar-refractivity contribution in [3.8, 4) is 0 Å². The van der Waals surface area contributed by atoms with E-state index in [-0.39, 0.29) is 5.91 Å². The first kappa shape index (κ1) is 19.9. The van der Waals surface area contributed by atoms with E-state index >= 15 is 0 Å². The van der Waals surface area contributed by atoms with Crippen LogP contribution in [0.25, 0.3) is 0 Å². The van der Waals surface area contributed by atoms with Gasteiger partial charge in [-0.1, -0.05) is 17.3 Å². The quantitative estimate of drug-likeness (QED) is 0.724. The van der Waals surface area contributed by atoms with Crippen LogP contribution in [-0.2, 0) is 19.9 Å². The molecule has 6 rings (SSSR count). The smallest absolute Gasteiger partial charge is 0.255 e. The van der Waals surface area contributed by atoms with Gasteiger partial charge in [-0.25, -0.2) is 0 Å². The van der Waals surface area contributed by atoms with Crippen molar-refractivity contribution in [2.45, 2.75) is 68.9 Å². The number of nitrogens with zero attached hydrogens (tertiary/aromatic N) is 5. The Hall–Kier alpha value is -2.78. The highest BCUT2D eigenvalue weighted by Gasteiger charge is 2.53. The summed E-state index contributed by atoms with van der Waals surface area (Å²) in [6.07, 6.45) is 7.28. The lowest BCUT2D eigenvalue weighted by molar-refractivity contribution is -0.125. The maximum absolute atomic E-state index is 13.9. The molecule has 0 spiro atoms. The summed E-state index contributed by atoms with van der Waals surface area (Å²) < 4.78 is 17.6. The maximum atomic E-state index is 13.9. The van der Waals surface area contributed by atoms with E-state index in [9.17, 15) is 4.79 Å². The van der Waals surface area contributed by atoms with E-state index in [0.717, 1.165) is 49.9 Å². The number of methoxy groups -OCH3 is 1. The molecule has 0 radical (unpaired) electrons. The van der Waals surface area contributed by atoms with Crippen LogP contribution in [-0.4, -0.2) is 47.9 Å². The third-order valence-electron chi connectivity index (χ3n) is 7.40. The summed E-state index contributed by atoms with van der Waals surface area (Å²) in [6.45, 7) is 2.63. The summed E-state index contributed by atoms with van der Waals surface area (Å²) >= 11 is 0. The second-order valence-electron chi connectivity index (χ2n) is 9.21. The van der Waals surface area contributed by atoms with Gasteiger partial charge in [-0.05, 0) is 57.6 Å². The summed E-state index contributed by atoms with van der Waals surface area (Å²) in [5.41, 5.74) is 0.560. The van der Waals surface area contributed by atoms with Gasteiger partial charge in [-0.15, -0.1) is 0 Å². The van der Waals surface area contributed by atoms with Crippen LogP contribution in [0.4, 0.5) is 11.4 Å². The van der Waals surface area contributed by atoms with Crippen LogP contribution in [0.5, 0.6) is 0 Å². The number of carbonyl (C=O) groups is 1. The Kier molecular flexibility index (Phi) is 4.42. The highest BCUT2D eigenvalue weighted by Crippen LogP contribution is 2.47. The van der Waals surface area contributed by atoms with Crippen molar-refractivity contribution in [1.82, 2.24) is 10.1 Å². The van der Waals surface area contributed by atoms with Gasteiger partial charge in [0.05, 0.1) is 17.7 Å². The van der Waals surface area contributed by atoms with Gasteiger partial charge in [0, 0.05) is 13.7 Å². The van der Waals surface area contributed by atoms with Crippen LogP contribution in [0.1, 0.15) is 63.2 Å². The van der Waals surface area contributed by atoms with Crippen molar-refractivity contribution in [3.05, 3.63) is 36.0 Å². The van der Waals surface area contributed by atoms with Gasteiger partial charge in [0.1, 0.15) is 17.4 Å². The van der Waals surface area contributed by atoms with Gasteiger partial charge in [0.2, 0.25) is 5.82 Å². The van der Waals surface area contributed by atoms with Gasteiger partial charge in [-0.2, -0.15) is 4.98 Å². The lowest BCUT2D eigenvalue weighted by Gasteiger charge is -2.45. The van der Waals surface area contributed by atoms with Gasteiger partial charge >= 0.3 is 0 Å². The number of hydrogen-bond acceptors (Lipinski definition) is 8. The van der Waals surface area contributed by atoms with Crippen LogP contribution in [0, 0.1) is 0 Å². The first-order chi connectivity index (χ1) is 15.6. The topological polar surface area (TPSA) is 93.3 Å². The molecule has 1 aromatic heterocycles. The van der Waals surface area contributed by atoms with Crippen LogP contribution in [0.3, 0.4) is 0 Å². The zero-order valence-corrected chi connectivity index (χ0v) is 18.4. The number of aromatic nitrogens is 2. The molecular weight excluding hydrogens is 410 g/mol. The number of para-hydroxylation sites is 2. The minimum absolute atomic E-state index is 0.0716. The lowest BCUT2D eigenvalue weighted by Crippen LogP contribution is -2.60. The average Bonchev–Trinajstić information content (AvgIpc) is 3.59. The van der Waals surface area contributed by atoms with Crippen molar-refractivity contribution < 1.29 is 18.8 Å². The van der Waals surface area contributed by atoms with Crippen LogP contribution in [0.15, 0.2) is 33.8 Å². The first-order valence-corrected chi connectivity index (χ1v) is 11.3. The molecule has 1 saturated heterocycles. The molecule has 0 bridgehead atoms. The van der Waals surface area contributed by atoms with Gasteiger partial charge in [-0.3, -0.25) is 14.7 Å². The summed E-state index contributed by atoms with van der Waals surface area (Å²) in [6, 6.07) is 6.70. The molecule has 4 heterocycles. The summed E-state index contributed by atoms with van der Waals surface area (Å²) in [5.74, 6) is 0.822. The lowest BCUT2D eigenvalue weighted by atomic mass is 9.97. The minimum atomic E-state index is -0.684. The number of anilines is 2. The monoisotopic (exact) mass is 437 g/mol. The molecule has 1 saturated carbocycles. The summed E-state index contributed by atoms with van der Waals surface area (Å²) in [5, 5.41) is 4.25. The Labute approximate surface area is 186 Å². The number of benzene rings is 1. The highest BCUT2D eigenvalue weighted by molar-refractivity contribution is 6.12. The van der Waals surface area contributed by atoms with E-state index in [1.54, 1.807) is 13.4 Å². The van der Waals surface area contributed by atoms with E-state index in [4.69, 9.17) is 19.0 Å². The van der Waals surface area contributed by atoms with E-state index in [0.29, 0.717) is 18.3 Å². The van der Waals surface area contributed by atoms with Crippen LogP contribution >= 0.6 is 0 Å². The number of carbonyl (C=O) groups excluding carboxylic acids is 1. The summed E-state index contributed by atoms with van der Waals surface area (Å²) in [7, 11) is 1.69. The fourth-order valence-electron chi connectivity index (χ4n) is 5.67. The Balaban J connectivity index is 1.39. The molecule has 2 fully saturated rings. The summed E-state index contributed by atoms with van der Waals surface area (Å²) in [4.78, 5) is 27.0. The number of amides is 1. The van der Waals surface area contributed by atoms with E-state index in [1.165, 1.54) is 0 Å². The second kappa shape index (κ2) is 7.11. The minimum Gasteiger partial charge on any atom is -0.370 e. The standard InChI is InChI=1S/C23H27N5O4/c1-22(10-7-13-31-22)28-16-9-4-3-8-15(16)27-14-24-17(18(27)20(28)29)19-25-21(26-32-19)23(30-2)11-5-6-12-23/h3-4,8-9,14,17-18H,5-7,10-13H2,1-2H3.